The fourth-order valence-electron chi connectivity index (χ4n) is 2.08. The van der Waals surface area contributed by atoms with Gasteiger partial charge in [0, 0.05) is 11.3 Å². The topological polar surface area (TPSA) is 144 Å². The van der Waals surface area contributed by atoms with Crippen LogP contribution in [0.25, 0.3) is 0 Å². The molecule has 2 aromatic carbocycles. The molecule has 0 saturated heterocycles. The van der Waals surface area contributed by atoms with Crippen LogP contribution in [0.4, 0.5) is 10.8 Å². The molecule has 0 radical (unpaired) electrons. The van der Waals surface area contributed by atoms with E-state index in [-0.39, 0.29) is 31.3 Å². The van der Waals surface area contributed by atoms with Crippen LogP contribution < -0.4 is 15.8 Å². The second-order valence-electron chi connectivity index (χ2n) is 5.35. The van der Waals surface area contributed by atoms with Crippen molar-refractivity contribution in [3.63, 3.8) is 0 Å². The van der Waals surface area contributed by atoms with Gasteiger partial charge in [0.1, 0.15) is 0 Å². The molecular weight excluding hydrogens is 426 g/mol. The van der Waals surface area contributed by atoms with Gasteiger partial charge in [0.05, 0.1) is 10.6 Å². The Balaban J connectivity index is 1.74. The highest BCUT2D eigenvalue weighted by Crippen LogP contribution is 2.24. The molecule has 0 atom stereocenters. The highest BCUT2D eigenvalue weighted by atomic mass is 35.5. The number of nitrogens with one attached hydrogen (secondary N) is 2. The number of sulfonamides is 1. The van der Waals surface area contributed by atoms with Gasteiger partial charge in [0.25, 0.3) is 20.3 Å². The van der Waals surface area contributed by atoms with E-state index in [1.54, 1.807) is 18.2 Å². The predicted octanol–water partition coefficient (Wildman–Crippen LogP) is 2.34. The average molecular weight is 438 g/mol. The SMILES string of the molecule is NC(=O)c1ccc(NS(=O)(=O)c2nnc(NC(=O)c3ccccc3Cl)s2)cc1. The number of anilines is 2. The van der Waals surface area contributed by atoms with Crippen LogP contribution in [0.3, 0.4) is 0 Å². The molecule has 9 nitrogen and oxygen atoms in total. The van der Waals surface area contributed by atoms with E-state index < -0.39 is 21.8 Å². The van der Waals surface area contributed by atoms with E-state index in [4.69, 9.17) is 17.3 Å². The Morgan fingerprint density at radius 3 is 2.36 bits per heavy atom. The molecule has 0 aliphatic heterocycles. The summed E-state index contributed by atoms with van der Waals surface area (Å²) in [6, 6.07) is 11.9. The fourth-order valence-corrected chi connectivity index (χ4v) is 4.26. The Kier molecular flexibility index (Phi) is 5.58. The highest BCUT2D eigenvalue weighted by molar-refractivity contribution is 7.94. The van der Waals surface area contributed by atoms with Gasteiger partial charge in [0.15, 0.2) is 0 Å². The van der Waals surface area contributed by atoms with E-state index in [2.05, 4.69) is 20.2 Å². The number of amides is 2. The minimum atomic E-state index is -4.03. The van der Waals surface area contributed by atoms with Crippen LogP contribution in [0.15, 0.2) is 52.9 Å². The minimum Gasteiger partial charge on any atom is -0.366 e. The highest BCUT2D eigenvalue weighted by Gasteiger charge is 2.22. The Hall–Kier alpha value is -3.02. The first kappa shape index (κ1) is 19.7. The number of benzene rings is 2. The standard InChI is InChI=1S/C16H12ClN5O4S2/c17-12-4-2-1-3-11(12)14(24)19-15-20-21-16(27-15)28(25,26)22-10-7-5-9(6-8-10)13(18)23/h1-8,22H,(H2,18,23)(H,19,20,24). The van der Waals surface area contributed by atoms with E-state index in [1.807, 2.05) is 0 Å². The number of hydrogen-bond acceptors (Lipinski definition) is 7. The zero-order valence-electron chi connectivity index (χ0n) is 13.9. The van der Waals surface area contributed by atoms with Crippen molar-refractivity contribution in [1.82, 2.24) is 10.2 Å². The zero-order chi connectivity index (χ0) is 20.3. The maximum Gasteiger partial charge on any atom is 0.291 e. The molecule has 2 amide bonds. The number of rotatable bonds is 6. The summed E-state index contributed by atoms with van der Waals surface area (Å²) in [6.07, 6.45) is 0. The molecule has 0 aliphatic carbocycles. The first-order valence-electron chi connectivity index (χ1n) is 7.58. The van der Waals surface area contributed by atoms with Crippen LogP contribution in [0.2, 0.25) is 5.02 Å². The van der Waals surface area contributed by atoms with Crippen LogP contribution in [0.1, 0.15) is 20.7 Å². The van der Waals surface area contributed by atoms with E-state index >= 15 is 0 Å². The summed E-state index contributed by atoms with van der Waals surface area (Å²) in [6.45, 7) is 0. The minimum absolute atomic E-state index is 0.00521. The number of halogens is 1. The van der Waals surface area contributed by atoms with Crippen LogP contribution in [0, 0.1) is 0 Å². The van der Waals surface area contributed by atoms with Crippen LogP contribution >= 0.6 is 22.9 Å². The molecule has 0 unspecified atom stereocenters. The van der Waals surface area contributed by atoms with E-state index in [9.17, 15) is 18.0 Å². The van der Waals surface area contributed by atoms with Gasteiger partial charge in [0.2, 0.25) is 11.0 Å². The molecule has 1 heterocycles. The van der Waals surface area contributed by atoms with Crippen molar-refractivity contribution in [2.24, 2.45) is 5.73 Å². The lowest BCUT2D eigenvalue weighted by Gasteiger charge is -2.05. The molecule has 0 aliphatic rings. The van der Waals surface area contributed by atoms with Crippen molar-refractivity contribution in [1.29, 1.82) is 0 Å². The van der Waals surface area contributed by atoms with Gasteiger partial charge in [-0.2, -0.15) is 8.42 Å². The Labute approximate surface area is 168 Å². The van der Waals surface area contributed by atoms with Gasteiger partial charge in [-0.25, -0.2) is 0 Å². The van der Waals surface area contributed by atoms with Gasteiger partial charge in [-0.15, -0.1) is 10.2 Å². The quantitative estimate of drug-likeness (QED) is 0.505. The maximum atomic E-state index is 12.4. The van der Waals surface area contributed by atoms with Crippen molar-refractivity contribution >= 4 is 55.6 Å². The average Bonchev–Trinajstić information content (AvgIpc) is 3.11. The smallest absolute Gasteiger partial charge is 0.291 e. The third-order valence-electron chi connectivity index (χ3n) is 3.40. The first-order valence-corrected chi connectivity index (χ1v) is 10.3. The largest absolute Gasteiger partial charge is 0.366 e. The Bertz CT molecular complexity index is 1150. The summed E-state index contributed by atoms with van der Waals surface area (Å²) in [5.41, 5.74) is 5.81. The number of nitrogens with zero attached hydrogens (tertiary/aromatic N) is 2. The molecule has 1 aromatic heterocycles. The molecule has 12 heteroatoms. The number of carbonyl (C=O) groups excluding carboxylic acids is 2. The second-order valence-corrected chi connectivity index (χ2v) is 8.60. The third-order valence-corrected chi connectivity index (χ3v) is 6.31. The lowest BCUT2D eigenvalue weighted by atomic mass is 10.2. The first-order chi connectivity index (χ1) is 13.3. The van der Waals surface area contributed by atoms with Gasteiger partial charge in [-0.3, -0.25) is 19.6 Å². The van der Waals surface area contributed by atoms with Crippen molar-refractivity contribution in [2.45, 2.75) is 4.34 Å². The van der Waals surface area contributed by atoms with Crippen LogP contribution in [-0.4, -0.2) is 30.4 Å². The molecule has 4 N–H and O–H groups in total. The Morgan fingerprint density at radius 2 is 1.71 bits per heavy atom. The van der Waals surface area contributed by atoms with Gasteiger partial charge < -0.3 is 5.73 Å². The molecule has 3 rings (SSSR count). The molecular formula is C16H12ClN5O4S2. The van der Waals surface area contributed by atoms with Gasteiger partial charge in [-0.1, -0.05) is 35.1 Å². The fraction of sp³-hybridized carbons (Fsp3) is 0. The number of hydrogen-bond donors (Lipinski definition) is 3. The van der Waals surface area contributed by atoms with Crippen molar-refractivity contribution < 1.29 is 18.0 Å². The maximum absolute atomic E-state index is 12.4. The molecule has 0 spiro atoms. The number of aromatic nitrogens is 2. The van der Waals surface area contributed by atoms with E-state index in [1.165, 1.54) is 30.3 Å². The van der Waals surface area contributed by atoms with Gasteiger partial charge >= 0.3 is 0 Å². The summed E-state index contributed by atoms with van der Waals surface area (Å²) in [4.78, 5) is 23.3. The normalized spacial score (nSPS) is 11.0. The van der Waals surface area contributed by atoms with Crippen molar-refractivity contribution in [3.05, 3.63) is 64.7 Å². The van der Waals surface area contributed by atoms with Crippen LogP contribution in [0.5, 0.6) is 0 Å². The molecule has 28 heavy (non-hydrogen) atoms. The molecule has 144 valence electrons. The van der Waals surface area contributed by atoms with E-state index in [0.29, 0.717) is 11.3 Å². The molecule has 3 aromatic rings. The molecule has 0 bridgehead atoms. The summed E-state index contributed by atoms with van der Waals surface area (Å²) < 4.78 is 26.8. The lowest BCUT2D eigenvalue weighted by molar-refractivity contribution is 0.0997. The zero-order valence-corrected chi connectivity index (χ0v) is 16.3. The molecule has 0 saturated carbocycles. The summed E-state index contributed by atoms with van der Waals surface area (Å²) >= 11 is 6.63. The van der Waals surface area contributed by atoms with Crippen LogP contribution in [-0.2, 0) is 10.0 Å². The number of nitrogens with two attached hydrogens (primary N) is 1. The predicted molar refractivity (Wildman–Crippen MR) is 105 cm³/mol. The monoisotopic (exact) mass is 437 g/mol. The third kappa shape index (κ3) is 4.44. The lowest BCUT2D eigenvalue weighted by Crippen LogP contribution is -2.14. The Morgan fingerprint density at radius 1 is 1.04 bits per heavy atom. The number of carbonyl (C=O) groups is 2. The summed E-state index contributed by atoms with van der Waals surface area (Å²) in [7, 11) is -4.03. The van der Waals surface area contributed by atoms with E-state index in [0.717, 1.165) is 0 Å². The summed E-state index contributed by atoms with van der Waals surface area (Å²) in [5.74, 6) is -1.17. The molecule has 0 fully saturated rings. The van der Waals surface area contributed by atoms with Crippen molar-refractivity contribution in [3.8, 4) is 0 Å². The van der Waals surface area contributed by atoms with Crippen molar-refractivity contribution in [2.75, 3.05) is 10.0 Å². The number of primary amides is 1. The van der Waals surface area contributed by atoms with Gasteiger partial charge in [-0.05, 0) is 36.4 Å². The second kappa shape index (κ2) is 7.92. The summed E-state index contributed by atoms with van der Waals surface area (Å²) in [5, 5.41) is 9.96.